The summed E-state index contributed by atoms with van der Waals surface area (Å²) in [5.74, 6) is 0.927. The van der Waals surface area contributed by atoms with E-state index < -0.39 is 11.7 Å². The van der Waals surface area contributed by atoms with E-state index in [2.05, 4.69) is 10.3 Å². The molecule has 0 saturated carbocycles. The fraction of sp³-hybridized carbons (Fsp3) is 0.286. The molecule has 0 radical (unpaired) electrons. The van der Waals surface area contributed by atoms with Crippen LogP contribution < -0.4 is 10.1 Å². The van der Waals surface area contributed by atoms with Crippen LogP contribution in [-0.4, -0.2) is 35.2 Å². The summed E-state index contributed by atoms with van der Waals surface area (Å²) < 4.78 is 51.2. The van der Waals surface area contributed by atoms with Crippen LogP contribution in [-0.2, 0) is 17.5 Å². The molecule has 0 aliphatic carbocycles. The van der Waals surface area contributed by atoms with Crippen molar-refractivity contribution in [1.29, 1.82) is 0 Å². The maximum atomic E-state index is 12.7. The summed E-state index contributed by atoms with van der Waals surface area (Å²) in [5, 5.41) is 3.02. The van der Waals surface area contributed by atoms with Gasteiger partial charge < -0.3 is 14.8 Å². The van der Waals surface area contributed by atoms with Crippen molar-refractivity contribution in [2.24, 2.45) is 5.92 Å². The van der Waals surface area contributed by atoms with Gasteiger partial charge in [-0.3, -0.25) is 9.36 Å². The van der Waals surface area contributed by atoms with E-state index in [-0.39, 0.29) is 12.5 Å². The molecular weight excluding hydrogens is 483 g/mol. The number of halogens is 3. The minimum Gasteiger partial charge on any atom is -0.489 e. The lowest BCUT2D eigenvalue weighted by molar-refractivity contribution is -0.137. The van der Waals surface area contributed by atoms with Crippen molar-refractivity contribution in [3.8, 4) is 11.4 Å². The third-order valence-electron chi connectivity index (χ3n) is 6.50. The lowest BCUT2D eigenvalue weighted by atomic mass is 10.0. The van der Waals surface area contributed by atoms with Gasteiger partial charge in [0.15, 0.2) is 0 Å². The predicted octanol–water partition coefficient (Wildman–Crippen LogP) is 5.78. The van der Waals surface area contributed by atoms with Crippen molar-refractivity contribution >= 4 is 16.9 Å². The van der Waals surface area contributed by atoms with Gasteiger partial charge in [-0.05, 0) is 78.9 Å². The third kappa shape index (κ3) is 5.94. The van der Waals surface area contributed by atoms with Crippen LogP contribution in [0.15, 0.2) is 73.1 Å². The van der Waals surface area contributed by atoms with Crippen LogP contribution in [0, 0.1) is 5.92 Å². The molecular formula is C28H26F3N3O3. The zero-order valence-electron chi connectivity index (χ0n) is 20.0. The van der Waals surface area contributed by atoms with Gasteiger partial charge in [-0.25, -0.2) is 4.98 Å². The largest absolute Gasteiger partial charge is 0.489 e. The number of hydrogen-bond donors (Lipinski definition) is 1. The van der Waals surface area contributed by atoms with Crippen LogP contribution in [0.3, 0.4) is 0 Å². The van der Waals surface area contributed by atoms with E-state index in [1.54, 1.807) is 30.6 Å². The summed E-state index contributed by atoms with van der Waals surface area (Å²) in [6, 6.07) is 17.7. The Hall–Kier alpha value is -3.85. The van der Waals surface area contributed by atoms with Crippen molar-refractivity contribution < 1.29 is 27.4 Å². The van der Waals surface area contributed by atoms with E-state index in [1.807, 2.05) is 22.8 Å². The molecule has 6 nitrogen and oxygen atoms in total. The first-order valence-corrected chi connectivity index (χ1v) is 12.1. The Balaban J connectivity index is 1.21. The van der Waals surface area contributed by atoms with Crippen molar-refractivity contribution in [3.05, 3.63) is 89.7 Å². The number of benzene rings is 3. The zero-order chi connectivity index (χ0) is 25.8. The van der Waals surface area contributed by atoms with Crippen LogP contribution in [0.2, 0.25) is 0 Å². The zero-order valence-corrected chi connectivity index (χ0v) is 20.0. The van der Waals surface area contributed by atoms with E-state index in [1.165, 1.54) is 12.1 Å². The molecule has 37 heavy (non-hydrogen) atoms. The van der Waals surface area contributed by atoms with Crippen molar-refractivity contribution in [1.82, 2.24) is 14.9 Å². The summed E-state index contributed by atoms with van der Waals surface area (Å²) in [4.78, 5) is 17.1. The number of hydrogen-bond acceptors (Lipinski definition) is 4. The molecule has 1 aliphatic heterocycles. The SMILES string of the molecule is O=C(NCC1CCOCC1)c1ccc2c(c1)ncn2-c1ccc(OCc2ccc(C(F)(F)F)cc2)cc1. The Kier molecular flexibility index (Phi) is 7.14. The van der Waals surface area contributed by atoms with Gasteiger partial charge >= 0.3 is 6.18 Å². The molecule has 0 unspecified atom stereocenters. The Labute approximate surface area is 212 Å². The minimum absolute atomic E-state index is 0.113. The standard InChI is InChI=1S/C28H26F3N3O3/c29-28(30,31)22-4-1-20(2-5-22)17-37-24-8-6-23(7-9-24)34-18-33-25-15-21(3-10-26(25)34)27(35)32-16-19-11-13-36-14-12-19/h1-10,15,18-19H,11-14,16-17H2,(H,32,35). The number of alkyl halides is 3. The Morgan fingerprint density at radius 2 is 1.76 bits per heavy atom. The van der Waals surface area contributed by atoms with Gasteiger partial charge in [0.2, 0.25) is 0 Å². The molecule has 1 amide bonds. The van der Waals surface area contributed by atoms with E-state index in [9.17, 15) is 18.0 Å². The smallest absolute Gasteiger partial charge is 0.416 e. The highest BCUT2D eigenvalue weighted by Crippen LogP contribution is 2.29. The topological polar surface area (TPSA) is 65.4 Å². The second-order valence-electron chi connectivity index (χ2n) is 9.06. The summed E-state index contributed by atoms with van der Waals surface area (Å²) >= 11 is 0. The molecule has 1 aromatic heterocycles. The molecule has 3 aromatic carbocycles. The molecule has 192 valence electrons. The summed E-state index contributed by atoms with van der Waals surface area (Å²) in [7, 11) is 0. The van der Waals surface area contributed by atoms with Crippen LogP contribution in [0.5, 0.6) is 5.75 Å². The highest BCUT2D eigenvalue weighted by molar-refractivity contribution is 5.97. The van der Waals surface area contributed by atoms with Crippen LogP contribution >= 0.6 is 0 Å². The summed E-state index contributed by atoms with van der Waals surface area (Å²) in [6.45, 7) is 2.29. The quantitative estimate of drug-likeness (QED) is 0.343. The van der Waals surface area contributed by atoms with Gasteiger partial charge in [-0.1, -0.05) is 12.1 Å². The van der Waals surface area contributed by atoms with Crippen LogP contribution in [0.4, 0.5) is 13.2 Å². The molecule has 0 atom stereocenters. The van der Waals surface area contributed by atoms with Gasteiger partial charge in [0.25, 0.3) is 5.91 Å². The number of ether oxygens (including phenoxy) is 2. The number of aromatic nitrogens is 2. The summed E-state index contributed by atoms with van der Waals surface area (Å²) in [6.07, 6.45) is -0.733. The maximum absolute atomic E-state index is 12.7. The van der Waals surface area contributed by atoms with Crippen molar-refractivity contribution in [2.45, 2.75) is 25.6 Å². The fourth-order valence-electron chi connectivity index (χ4n) is 4.31. The number of fused-ring (bicyclic) bond motifs is 1. The third-order valence-corrected chi connectivity index (χ3v) is 6.50. The molecule has 1 aliphatic rings. The number of imidazole rings is 1. The monoisotopic (exact) mass is 509 g/mol. The Morgan fingerprint density at radius 1 is 1.03 bits per heavy atom. The number of nitrogens with zero attached hydrogens (tertiary/aromatic N) is 2. The molecule has 1 saturated heterocycles. The maximum Gasteiger partial charge on any atom is 0.416 e. The van der Waals surface area contributed by atoms with E-state index in [0.29, 0.717) is 34.9 Å². The van der Waals surface area contributed by atoms with Gasteiger partial charge in [-0.2, -0.15) is 13.2 Å². The molecule has 2 heterocycles. The minimum atomic E-state index is -4.36. The molecule has 1 fully saturated rings. The van der Waals surface area contributed by atoms with Crippen molar-refractivity contribution in [2.75, 3.05) is 19.8 Å². The van der Waals surface area contributed by atoms with Gasteiger partial charge in [0, 0.05) is 31.0 Å². The predicted molar refractivity (Wildman–Crippen MR) is 133 cm³/mol. The Morgan fingerprint density at radius 3 is 2.46 bits per heavy atom. The average molecular weight is 510 g/mol. The number of carbonyl (C=O) groups excluding carboxylic acids is 1. The number of amides is 1. The lowest BCUT2D eigenvalue weighted by Gasteiger charge is -2.22. The molecule has 0 bridgehead atoms. The van der Waals surface area contributed by atoms with E-state index in [4.69, 9.17) is 9.47 Å². The molecule has 0 spiro atoms. The van der Waals surface area contributed by atoms with Crippen LogP contribution in [0.25, 0.3) is 16.7 Å². The molecule has 5 rings (SSSR count). The van der Waals surface area contributed by atoms with Crippen molar-refractivity contribution in [3.63, 3.8) is 0 Å². The second kappa shape index (κ2) is 10.6. The number of nitrogens with one attached hydrogen (secondary N) is 1. The molecule has 1 N–H and O–H groups in total. The first-order valence-electron chi connectivity index (χ1n) is 12.1. The van der Waals surface area contributed by atoms with E-state index in [0.717, 1.165) is 49.4 Å². The van der Waals surface area contributed by atoms with Gasteiger partial charge in [0.1, 0.15) is 18.7 Å². The highest BCUT2D eigenvalue weighted by Gasteiger charge is 2.29. The van der Waals surface area contributed by atoms with Crippen LogP contribution in [0.1, 0.15) is 34.3 Å². The average Bonchev–Trinajstić information content (AvgIpc) is 3.34. The highest BCUT2D eigenvalue weighted by atomic mass is 19.4. The van der Waals surface area contributed by atoms with E-state index >= 15 is 0 Å². The number of carbonyl (C=O) groups is 1. The Bertz CT molecular complexity index is 1360. The first kappa shape index (κ1) is 24.8. The van der Waals surface area contributed by atoms with Gasteiger partial charge in [-0.15, -0.1) is 0 Å². The number of rotatable bonds is 7. The molecule has 4 aromatic rings. The first-order chi connectivity index (χ1) is 17.9. The lowest BCUT2D eigenvalue weighted by Crippen LogP contribution is -2.32. The summed E-state index contributed by atoms with van der Waals surface area (Å²) in [5.41, 5.74) is 2.96. The van der Waals surface area contributed by atoms with Gasteiger partial charge in [0.05, 0.1) is 16.6 Å². The normalized spacial score (nSPS) is 14.6. The second-order valence-corrected chi connectivity index (χ2v) is 9.06. The molecule has 9 heteroatoms. The fourth-order valence-corrected chi connectivity index (χ4v) is 4.31.